The molecule has 3 aromatic carbocycles. The molecule has 0 saturated heterocycles. The van der Waals surface area contributed by atoms with Crippen molar-refractivity contribution in [3.63, 3.8) is 0 Å². The summed E-state index contributed by atoms with van der Waals surface area (Å²) in [4.78, 5) is 29.9. The Morgan fingerprint density at radius 3 is 2.38 bits per heavy atom. The molecule has 2 amide bonds. The maximum absolute atomic E-state index is 13.7. The van der Waals surface area contributed by atoms with Crippen LogP contribution in [0, 0.1) is 13.8 Å². The van der Waals surface area contributed by atoms with Gasteiger partial charge in [0.05, 0.1) is 22.8 Å². The highest BCUT2D eigenvalue weighted by Gasteiger charge is 2.41. The van der Waals surface area contributed by atoms with Crippen LogP contribution in [0.15, 0.2) is 82.6 Å². The number of thioether (sulfide) groups is 1. The molecule has 0 saturated carbocycles. The molecule has 1 aliphatic heterocycles. The number of amides is 2. The van der Waals surface area contributed by atoms with E-state index in [9.17, 15) is 9.59 Å². The fourth-order valence-corrected chi connectivity index (χ4v) is 4.72. The Labute approximate surface area is 192 Å². The number of carbonyl (C=O) groups is 2. The smallest absolute Gasteiger partial charge is 0.272 e. The van der Waals surface area contributed by atoms with Gasteiger partial charge in [0.1, 0.15) is 5.75 Å². The fraction of sp³-hybridized carbons (Fsp3) is 0.185. The predicted octanol–water partition coefficient (Wildman–Crippen LogP) is 6.17. The third-order valence-corrected chi connectivity index (χ3v) is 6.30. The minimum absolute atomic E-state index is 0.312. The molecule has 0 N–H and O–H groups in total. The van der Waals surface area contributed by atoms with Crippen molar-refractivity contribution in [3.8, 4) is 5.75 Å². The number of ether oxygens (including phenoxy) is 1. The number of hydrogen-bond donors (Lipinski definition) is 0. The van der Waals surface area contributed by atoms with Crippen LogP contribution in [0.5, 0.6) is 5.75 Å². The van der Waals surface area contributed by atoms with E-state index in [1.165, 1.54) is 16.7 Å². The number of aryl methyl sites for hydroxylation is 2. The third-order valence-electron chi connectivity index (χ3n) is 5.20. The molecule has 0 aliphatic carbocycles. The Hall–Kier alpha value is -3.31. The summed E-state index contributed by atoms with van der Waals surface area (Å²) in [6.45, 7) is 6.59. The normalized spacial score (nSPS) is 13.8. The van der Waals surface area contributed by atoms with Crippen LogP contribution in [0.25, 0.3) is 5.57 Å². The van der Waals surface area contributed by atoms with Crippen LogP contribution < -0.4 is 9.64 Å². The highest BCUT2D eigenvalue weighted by Crippen LogP contribution is 2.42. The van der Waals surface area contributed by atoms with E-state index in [1.54, 1.807) is 18.2 Å². The van der Waals surface area contributed by atoms with Crippen LogP contribution >= 0.6 is 11.8 Å². The largest absolute Gasteiger partial charge is 0.494 e. The van der Waals surface area contributed by atoms with Gasteiger partial charge in [0.2, 0.25) is 0 Å². The second-order valence-corrected chi connectivity index (χ2v) is 8.81. The predicted molar refractivity (Wildman–Crippen MR) is 130 cm³/mol. The highest BCUT2D eigenvalue weighted by atomic mass is 32.2. The van der Waals surface area contributed by atoms with Gasteiger partial charge in [-0.25, -0.2) is 4.90 Å². The number of anilines is 1. The van der Waals surface area contributed by atoms with Gasteiger partial charge in [-0.15, -0.1) is 0 Å². The zero-order chi connectivity index (χ0) is 22.7. The van der Waals surface area contributed by atoms with Crippen LogP contribution in [-0.4, -0.2) is 18.4 Å². The minimum Gasteiger partial charge on any atom is -0.494 e. The lowest BCUT2D eigenvalue weighted by Gasteiger charge is -2.17. The zero-order valence-corrected chi connectivity index (χ0v) is 19.2. The van der Waals surface area contributed by atoms with E-state index in [2.05, 4.69) is 0 Å². The average Bonchev–Trinajstić information content (AvgIpc) is 3.03. The first-order valence-electron chi connectivity index (χ1n) is 10.7. The van der Waals surface area contributed by atoms with Crippen molar-refractivity contribution in [2.75, 3.05) is 11.5 Å². The van der Waals surface area contributed by atoms with Gasteiger partial charge in [-0.2, -0.15) is 0 Å². The summed E-state index contributed by atoms with van der Waals surface area (Å²) in [5.41, 5.74) is 3.82. The Bertz CT molecular complexity index is 1200. The highest BCUT2D eigenvalue weighted by molar-refractivity contribution is 8.04. The Balaban J connectivity index is 1.80. The lowest BCUT2D eigenvalue weighted by molar-refractivity contribution is -0.119. The molecule has 3 aromatic rings. The van der Waals surface area contributed by atoms with Crippen molar-refractivity contribution in [2.24, 2.45) is 0 Å². The Morgan fingerprint density at radius 1 is 0.875 bits per heavy atom. The topological polar surface area (TPSA) is 46.6 Å². The first kappa shape index (κ1) is 21.9. The van der Waals surface area contributed by atoms with Gasteiger partial charge in [0, 0.05) is 11.0 Å². The monoisotopic (exact) mass is 443 g/mol. The van der Waals surface area contributed by atoms with Crippen molar-refractivity contribution in [2.45, 2.75) is 32.1 Å². The number of nitrogens with zero attached hydrogens (tertiary/aromatic N) is 1. The van der Waals surface area contributed by atoms with E-state index in [1.807, 2.05) is 75.4 Å². The number of hydrogen-bond acceptors (Lipinski definition) is 4. The van der Waals surface area contributed by atoms with E-state index in [0.29, 0.717) is 28.5 Å². The Kier molecular flexibility index (Phi) is 6.47. The first-order chi connectivity index (χ1) is 15.5. The summed E-state index contributed by atoms with van der Waals surface area (Å²) in [6.07, 6.45) is 0.877. The van der Waals surface area contributed by atoms with Crippen LogP contribution in [0.1, 0.15) is 30.0 Å². The maximum Gasteiger partial charge on any atom is 0.272 e. The van der Waals surface area contributed by atoms with Gasteiger partial charge < -0.3 is 4.74 Å². The minimum atomic E-state index is -0.313. The molecule has 1 heterocycles. The number of imide groups is 1. The maximum atomic E-state index is 13.7. The molecule has 0 radical (unpaired) electrons. The quantitative estimate of drug-likeness (QED) is 0.410. The molecule has 5 heteroatoms. The zero-order valence-electron chi connectivity index (χ0n) is 18.4. The summed E-state index contributed by atoms with van der Waals surface area (Å²) in [6, 6.07) is 22.8. The molecule has 4 rings (SSSR count). The summed E-state index contributed by atoms with van der Waals surface area (Å²) in [7, 11) is 0. The van der Waals surface area contributed by atoms with Crippen LogP contribution in [-0.2, 0) is 9.59 Å². The standard InChI is InChI=1S/C27H25NO3S/c1-4-15-31-21-10-8-9-20(17-21)28-26(29)24(23-14-13-18(2)16-19(23)3)25(27(28)30)32-22-11-6-5-7-12-22/h5-14,16-17H,4,15H2,1-3H3. The second kappa shape index (κ2) is 9.45. The molecule has 0 atom stereocenters. The van der Waals surface area contributed by atoms with Crippen molar-refractivity contribution in [1.82, 2.24) is 0 Å². The second-order valence-electron chi connectivity index (χ2n) is 7.73. The van der Waals surface area contributed by atoms with Gasteiger partial charge in [-0.1, -0.05) is 66.7 Å². The summed E-state index contributed by atoms with van der Waals surface area (Å²) in [5.74, 6) is 0.0154. The number of rotatable bonds is 7. The average molecular weight is 444 g/mol. The third kappa shape index (κ3) is 4.34. The molecule has 0 fully saturated rings. The summed E-state index contributed by atoms with van der Waals surface area (Å²) >= 11 is 1.33. The van der Waals surface area contributed by atoms with Crippen molar-refractivity contribution >= 4 is 34.8 Å². The molecule has 4 nitrogen and oxygen atoms in total. The van der Waals surface area contributed by atoms with Gasteiger partial charge in [0.15, 0.2) is 0 Å². The molecule has 1 aliphatic rings. The first-order valence-corrected chi connectivity index (χ1v) is 11.5. The van der Waals surface area contributed by atoms with E-state index in [0.717, 1.165) is 28.0 Å². The van der Waals surface area contributed by atoms with Crippen molar-refractivity contribution in [3.05, 3.63) is 94.4 Å². The molecular weight excluding hydrogens is 418 g/mol. The molecule has 162 valence electrons. The molecule has 0 spiro atoms. The van der Waals surface area contributed by atoms with Crippen LogP contribution in [0.4, 0.5) is 5.69 Å². The molecule has 0 bridgehead atoms. The Morgan fingerprint density at radius 2 is 1.66 bits per heavy atom. The van der Waals surface area contributed by atoms with Gasteiger partial charge in [-0.05, 0) is 55.7 Å². The van der Waals surface area contributed by atoms with Gasteiger partial charge in [0.25, 0.3) is 11.8 Å². The van der Waals surface area contributed by atoms with E-state index in [4.69, 9.17) is 4.74 Å². The molecular formula is C27H25NO3S. The lowest BCUT2D eigenvalue weighted by Crippen LogP contribution is -2.31. The van der Waals surface area contributed by atoms with E-state index >= 15 is 0 Å². The van der Waals surface area contributed by atoms with Crippen LogP contribution in [0.2, 0.25) is 0 Å². The fourth-order valence-electron chi connectivity index (χ4n) is 3.71. The van der Waals surface area contributed by atoms with Crippen molar-refractivity contribution in [1.29, 1.82) is 0 Å². The molecule has 0 aromatic heterocycles. The lowest BCUT2D eigenvalue weighted by atomic mass is 9.99. The van der Waals surface area contributed by atoms with E-state index in [-0.39, 0.29) is 11.8 Å². The molecule has 32 heavy (non-hydrogen) atoms. The molecule has 0 unspecified atom stereocenters. The summed E-state index contributed by atoms with van der Waals surface area (Å²) in [5, 5.41) is 0. The van der Waals surface area contributed by atoms with Crippen LogP contribution in [0.3, 0.4) is 0 Å². The SMILES string of the molecule is CCCOc1cccc(N2C(=O)C(Sc3ccccc3)=C(c3ccc(C)cc3C)C2=O)c1. The van der Waals surface area contributed by atoms with E-state index < -0.39 is 0 Å². The number of benzene rings is 3. The van der Waals surface area contributed by atoms with Crippen molar-refractivity contribution < 1.29 is 14.3 Å². The summed E-state index contributed by atoms with van der Waals surface area (Å²) < 4.78 is 5.72. The number of carbonyl (C=O) groups excluding carboxylic acids is 2. The van der Waals surface area contributed by atoms with Gasteiger partial charge >= 0.3 is 0 Å². The van der Waals surface area contributed by atoms with Gasteiger partial charge in [-0.3, -0.25) is 9.59 Å².